The van der Waals surface area contributed by atoms with Gasteiger partial charge in [-0.1, -0.05) is 13.0 Å². The maximum absolute atomic E-state index is 4.28. The molecule has 0 saturated heterocycles. The number of hydrogen-bond acceptors (Lipinski definition) is 3. The van der Waals surface area contributed by atoms with E-state index in [9.17, 15) is 0 Å². The molecular formula is C12H15Br2N3. The first-order valence-electron chi connectivity index (χ1n) is 5.72. The first-order chi connectivity index (χ1) is 8.24. The minimum atomic E-state index is 0.877. The van der Waals surface area contributed by atoms with Crippen molar-refractivity contribution in [2.45, 2.75) is 13.3 Å². The molecule has 0 atom stereocenters. The van der Waals surface area contributed by atoms with Gasteiger partial charge in [-0.15, -0.1) is 0 Å². The lowest BCUT2D eigenvalue weighted by molar-refractivity contribution is 0.421. The van der Waals surface area contributed by atoms with Crippen LogP contribution in [0.25, 0.3) is 0 Å². The molecule has 1 heterocycles. The maximum atomic E-state index is 4.28. The number of rotatable bonds is 4. The van der Waals surface area contributed by atoms with E-state index in [-0.39, 0.29) is 0 Å². The fourth-order valence-corrected chi connectivity index (χ4v) is 3.28. The molecule has 0 amide bonds. The van der Waals surface area contributed by atoms with Gasteiger partial charge < -0.3 is 0 Å². The number of hydrogen-bond donors (Lipinski definition) is 0. The normalized spacial score (nSPS) is 14.4. The van der Waals surface area contributed by atoms with Gasteiger partial charge in [-0.25, -0.2) is 0 Å². The number of benzene rings is 1. The molecule has 1 aliphatic heterocycles. The van der Waals surface area contributed by atoms with Gasteiger partial charge in [0.25, 0.3) is 0 Å². The van der Waals surface area contributed by atoms with Crippen LogP contribution >= 0.6 is 31.9 Å². The molecule has 1 aromatic rings. The Kier molecular flexibility index (Phi) is 4.45. The van der Waals surface area contributed by atoms with E-state index in [1.807, 2.05) is 12.4 Å². The predicted molar refractivity (Wildman–Crippen MR) is 79.5 cm³/mol. The summed E-state index contributed by atoms with van der Waals surface area (Å²) in [7, 11) is 0. The fourth-order valence-electron chi connectivity index (χ4n) is 1.87. The molecule has 1 aromatic carbocycles. The lowest BCUT2D eigenvalue weighted by Gasteiger charge is -2.34. The summed E-state index contributed by atoms with van der Waals surface area (Å²) in [5, 5.41) is 4.44. The van der Waals surface area contributed by atoms with Crippen molar-refractivity contribution < 1.29 is 0 Å². The standard InChI is InChI=1S/C12H15Br2N3/c1-2-7-17(16-8-6-15-9-16)12-10(13)4-3-5-11(12)14/h3-5,9H,2,6-8H2,1H3. The maximum Gasteiger partial charge on any atom is 0.104 e. The molecule has 0 fully saturated rings. The minimum Gasteiger partial charge on any atom is -0.282 e. The van der Waals surface area contributed by atoms with Gasteiger partial charge in [0.15, 0.2) is 0 Å². The Morgan fingerprint density at radius 1 is 1.35 bits per heavy atom. The van der Waals surface area contributed by atoms with E-state index >= 15 is 0 Å². The lowest BCUT2D eigenvalue weighted by atomic mass is 10.3. The van der Waals surface area contributed by atoms with Gasteiger partial charge in [-0.05, 0) is 50.4 Å². The van der Waals surface area contributed by atoms with Crippen LogP contribution in [0.4, 0.5) is 5.69 Å². The molecule has 0 unspecified atom stereocenters. The highest BCUT2D eigenvalue weighted by Crippen LogP contribution is 2.35. The first kappa shape index (κ1) is 12.9. The molecule has 17 heavy (non-hydrogen) atoms. The zero-order chi connectivity index (χ0) is 12.3. The summed E-state index contributed by atoms with van der Waals surface area (Å²) >= 11 is 7.24. The van der Waals surface area contributed by atoms with Crippen molar-refractivity contribution >= 4 is 43.9 Å². The summed E-state index contributed by atoms with van der Waals surface area (Å²) in [6.45, 7) is 4.99. The van der Waals surface area contributed by atoms with Gasteiger partial charge in [-0.2, -0.15) is 0 Å². The van der Waals surface area contributed by atoms with Gasteiger partial charge in [-0.3, -0.25) is 15.0 Å². The summed E-state index contributed by atoms with van der Waals surface area (Å²) in [6, 6.07) is 6.16. The van der Waals surface area contributed by atoms with Crippen molar-refractivity contribution in [3.63, 3.8) is 0 Å². The predicted octanol–water partition coefficient (Wildman–Crippen LogP) is 3.69. The third-order valence-electron chi connectivity index (χ3n) is 2.61. The van der Waals surface area contributed by atoms with Crippen molar-refractivity contribution in [2.75, 3.05) is 24.6 Å². The topological polar surface area (TPSA) is 18.8 Å². The molecular weight excluding hydrogens is 346 g/mol. The highest BCUT2D eigenvalue weighted by Gasteiger charge is 2.19. The van der Waals surface area contributed by atoms with Crippen molar-refractivity contribution in [1.29, 1.82) is 0 Å². The molecule has 3 nitrogen and oxygen atoms in total. The zero-order valence-corrected chi connectivity index (χ0v) is 12.9. The number of hydrazine groups is 1. The quantitative estimate of drug-likeness (QED) is 0.815. The molecule has 0 spiro atoms. The second-order valence-electron chi connectivity index (χ2n) is 3.88. The third-order valence-corrected chi connectivity index (χ3v) is 3.89. The van der Waals surface area contributed by atoms with E-state index in [1.54, 1.807) is 0 Å². The molecule has 0 radical (unpaired) electrons. The summed E-state index contributed by atoms with van der Waals surface area (Å²) in [6.07, 6.45) is 3.01. The molecule has 0 saturated carbocycles. The molecule has 92 valence electrons. The highest BCUT2D eigenvalue weighted by molar-refractivity contribution is 9.11. The molecule has 1 aliphatic rings. The molecule has 0 aromatic heterocycles. The second kappa shape index (κ2) is 5.87. The zero-order valence-electron chi connectivity index (χ0n) is 9.74. The Morgan fingerprint density at radius 2 is 2.06 bits per heavy atom. The first-order valence-corrected chi connectivity index (χ1v) is 7.30. The van der Waals surface area contributed by atoms with Crippen molar-refractivity contribution in [3.05, 3.63) is 27.1 Å². The van der Waals surface area contributed by atoms with E-state index in [1.165, 1.54) is 5.69 Å². The van der Waals surface area contributed by atoms with Crippen molar-refractivity contribution in [2.24, 2.45) is 4.99 Å². The largest absolute Gasteiger partial charge is 0.282 e. The molecule has 0 bridgehead atoms. The molecule has 0 N–H and O–H groups in total. The monoisotopic (exact) mass is 359 g/mol. The number of nitrogens with zero attached hydrogens (tertiary/aromatic N) is 3. The molecule has 0 aliphatic carbocycles. The SMILES string of the molecule is CCCN(c1c(Br)cccc1Br)N1C=NCC1. The molecule has 2 rings (SSSR count). The van der Waals surface area contributed by atoms with Gasteiger partial charge in [0.05, 0.1) is 18.8 Å². The Hall–Kier alpha value is -0.550. The summed E-state index contributed by atoms with van der Waals surface area (Å²) < 4.78 is 2.20. The second-order valence-corrected chi connectivity index (χ2v) is 5.59. The van der Waals surface area contributed by atoms with E-state index in [0.29, 0.717) is 0 Å². The van der Waals surface area contributed by atoms with E-state index < -0.39 is 0 Å². The fraction of sp³-hybridized carbons (Fsp3) is 0.417. The summed E-state index contributed by atoms with van der Waals surface area (Å²) in [5.41, 5.74) is 1.17. The average molecular weight is 361 g/mol. The Balaban J connectivity index is 2.34. The van der Waals surface area contributed by atoms with Crippen LogP contribution in [-0.4, -0.2) is 31.0 Å². The van der Waals surface area contributed by atoms with Crippen LogP contribution in [0.1, 0.15) is 13.3 Å². The van der Waals surface area contributed by atoms with Gasteiger partial charge >= 0.3 is 0 Å². The Bertz CT molecular complexity index is 400. The molecule has 5 heteroatoms. The number of aliphatic imine (C=N–C) groups is 1. The van der Waals surface area contributed by atoms with E-state index in [2.05, 4.69) is 65.9 Å². The Labute approximate surface area is 119 Å². The van der Waals surface area contributed by atoms with Crippen LogP contribution in [0.5, 0.6) is 0 Å². The van der Waals surface area contributed by atoms with Crippen LogP contribution in [0, 0.1) is 0 Å². The van der Waals surface area contributed by atoms with E-state index in [4.69, 9.17) is 0 Å². The Morgan fingerprint density at radius 3 is 2.59 bits per heavy atom. The number of para-hydroxylation sites is 1. The van der Waals surface area contributed by atoms with Crippen LogP contribution < -0.4 is 5.01 Å². The summed E-state index contributed by atoms with van der Waals surface area (Å²) in [5.74, 6) is 0. The van der Waals surface area contributed by atoms with Gasteiger partial charge in [0, 0.05) is 15.5 Å². The van der Waals surface area contributed by atoms with Crippen LogP contribution in [-0.2, 0) is 0 Å². The number of anilines is 1. The van der Waals surface area contributed by atoms with Crippen LogP contribution in [0.2, 0.25) is 0 Å². The van der Waals surface area contributed by atoms with Gasteiger partial charge in [0.2, 0.25) is 0 Å². The number of halogens is 2. The summed E-state index contributed by atoms with van der Waals surface area (Å²) in [4.78, 5) is 4.28. The average Bonchev–Trinajstić information content (AvgIpc) is 2.80. The smallest absolute Gasteiger partial charge is 0.104 e. The van der Waals surface area contributed by atoms with Crippen LogP contribution in [0.15, 0.2) is 32.1 Å². The van der Waals surface area contributed by atoms with Crippen molar-refractivity contribution in [1.82, 2.24) is 5.01 Å². The van der Waals surface area contributed by atoms with E-state index in [0.717, 1.165) is 35.0 Å². The third kappa shape index (κ3) is 2.83. The lowest BCUT2D eigenvalue weighted by Crippen LogP contribution is -2.41. The highest BCUT2D eigenvalue weighted by atomic mass is 79.9. The van der Waals surface area contributed by atoms with Crippen LogP contribution in [0.3, 0.4) is 0 Å². The van der Waals surface area contributed by atoms with Gasteiger partial charge in [0.1, 0.15) is 6.34 Å². The van der Waals surface area contributed by atoms with Crippen molar-refractivity contribution in [3.8, 4) is 0 Å². The minimum absolute atomic E-state index is 0.877.